The minimum atomic E-state index is -1.67. The molecule has 0 bridgehead atoms. The van der Waals surface area contributed by atoms with Gasteiger partial charge in [0.15, 0.2) is 11.5 Å². The lowest BCUT2D eigenvalue weighted by Crippen LogP contribution is -2.43. The van der Waals surface area contributed by atoms with Crippen LogP contribution in [-0.4, -0.2) is 49.2 Å². The van der Waals surface area contributed by atoms with Crippen molar-refractivity contribution in [3.05, 3.63) is 156 Å². The lowest BCUT2D eigenvalue weighted by atomic mass is 9.80. The van der Waals surface area contributed by atoms with Crippen LogP contribution in [0.4, 0.5) is 5.82 Å². The van der Waals surface area contributed by atoms with Crippen molar-refractivity contribution in [3.63, 3.8) is 0 Å². The quantitative estimate of drug-likeness (QED) is 0.174. The molecule has 1 aliphatic rings. The first kappa shape index (κ1) is 28.5. The van der Waals surface area contributed by atoms with Crippen LogP contribution in [0.5, 0.6) is 0 Å². The van der Waals surface area contributed by atoms with E-state index in [-0.39, 0.29) is 24.6 Å². The third-order valence-electron chi connectivity index (χ3n) is 8.41. The normalized spacial score (nSPS) is 19.9. The number of ether oxygens (including phenoxy) is 2. The molecule has 3 N–H and O–H groups in total. The molecular weight excluding hydrogens is 566 g/mol. The van der Waals surface area contributed by atoms with Gasteiger partial charge in [-0.3, -0.25) is 9.36 Å². The monoisotopic (exact) mass is 597 g/mol. The number of imidazole rings is 1. The smallest absolute Gasteiger partial charge is 0.215 e. The number of fused-ring (bicyclic) bond motifs is 1. The Labute approximate surface area is 259 Å². The van der Waals surface area contributed by atoms with Gasteiger partial charge < -0.3 is 20.3 Å². The van der Waals surface area contributed by atoms with Crippen LogP contribution >= 0.6 is 0 Å². The van der Waals surface area contributed by atoms with Crippen LogP contribution in [0, 0.1) is 0 Å². The molecular formula is C36H31N5O4. The van der Waals surface area contributed by atoms with Gasteiger partial charge in [0.25, 0.3) is 0 Å². The van der Waals surface area contributed by atoms with Gasteiger partial charge in [0, 0.05) is 12.0 Å². The second kappa shape index (κ2) is 11.7. The fraction of sp³-hybridized carbons (Fsp3) is 0.167. The van der Waals surface area contributed by atoms with E-state index in [1.807, 2.05) is 97.1 Å². The summed E-state index contributed by atoms with van der Waals surface area (Å²) in [6.07, 6.45) is 0.781. The topological polar surface area (TPSA) is 125 Å². The maximum absolute atomic E-state index is 14.4. The summed E-state index contributed by atoms with van der Waals surface area (Å²) in [4.78, 5) is 27.2. The van der Waals surface area contributed by atoms with Gasteiger partial charge in [-0.25, -0.2) is 15.0 Å². The van der Waals surface area contributed by atoms with Gasteiger partial charge in [0.05, 0.1) is 19.0 Å². The molecule has 3 heterocycles. The van der Waals surface area contributed by atoms with Crippen molar-refractivity contribution in [1.29, 1.82) is 0 Å². The minimum absolute atomic E-state index is 0.0343. The molecule has 0 saturated carbocycles. The summed E-state index contributed by atoms with van der Waals surface area (Å²) in [5.74, 6) is -0.167. The number of ketones is 1. The molecule has 1 aliphatic heterocycles. The number of anilines is 1. The van der Waals surface area contributed by atoms with E-state index in [4.69, 9.17) is 15.2 Å². The Morgan fingerprint density at radius 1 is 0.844 bits per heavy atom. The number of hydrogen-bond donors (Lipinski definition) is 2. The molecule has 3 atom stereocenters. The molecule has 2 aromatic heterocycles. The predicted molar refractivity (Wildman–Crippen MR) is 169 cm³/mol. The van der Waals surface area contributed by atoms with E-state index in [0.29, 0.717) is 16.7 Å². The number of carbonyl (C=O) groups excluding carboxylic acids is 1. The van der Waals surface area contributed by atoms with Gasteiger partial charge in [-0.15, -0.1) is 0 Å². The first-order valence-corrected chi connectivity index (χ1v) is 14.7. The van der Waals surface area contributed by atoms with Crippen LogP contribution in [0.25, 0.3) is 11.2 Å². The second-order valence-electron chi connectivity index (χ2n) is 11.0. The Bertz CT molecular complexity index is 1820. The summed E-state index contributed by atoms with van der Waals surface area (Å²) in [6.45, 7) is -0.0343. The van der Waals surface area contributed by atoms with Crippen LogP contribution in [0.2, 0.25) is 0 Å². The first-order chi connectivity index (χ1) is 22.0. The van der Waals surface area contributed by atoms with Crippen molar-refractivity contribution in [1.82, 2.24) is 19.5 Å². The van der Waals surface area contributed by atoms with Crippen LogP contribution in [0.3, 0.4) is 0 Å². The van der Waals surface area contributed by atoms with Crippen molar-refractivity contribution in [3.8, 4) is 0 Å². The van der Waals surface area contributed by atoms with Gasteiger partial charge in [0.1, 0.15) is 23.5 Å². The zero-order valence-electron chi connectivity index (χ0n) is 24.3. The summed E-state index contributed by atoms with van der Waals surface area (Å²) in [5, 5.41) is 11.6. The zero-order chi connectivity index (χ0) is 30.9. The van der Waals surface area contributed by atoms with Gasteiger partial charge in [-0.05, 0) is 16.7 Å². The number of benzene rings is 4. The number of nitrogen functional groups attached to an aromatic ring is 1. The van der Waals surface area contributed by atoms with Gasteiger partial charge >= 0.3 is 0 Å². The molecule has 1 fully saturated rings. The average Bonchev–Trinajstić information content (AvgIpc) is 3.69. The summed E-state index contributed by atoms with van der Waals surface area (Å²) in [7, 11) is 0. The van der Waals surface area contributed by atoms with E-state index in [0.717, 1.165) is 16.7 Å². The Balaban J connectivity index is 1.32. The van der Waals surface area contributed by atoms with Gasteiger partial charge in [-0.2, -0.15) is 0 Å². The highest BCUT2D eigenvalue weighted by molar-refractivity contribution is 6.02. The Hall–Kier alpha value is -5.22. The molecule has 0 aliphatic carbocycles. The van der Waals surface area contributed by atoms with E-state index in [1.165, 1.54) is 12.7 Å². The molecule has 1 saturated heterocycles. The number of nitrogens with two attached hydrogens (primary N) is 1. The van der Waals surface area contributed by atoms with E-state index < -0.39 is 23.5 Å². The molecule has 6 aromatic rings. The maximum atomic E-state index is 14.4. The fourth-order valence-corrected chi connectivity index (χ4v) is 6.26. The number of rotatable bonds is 9. The molecule has 0 radical (unpaired) electrons. The molecule has 0 amide bonds. The molecule has 224 valence electrons. The fourth-order valence-electron chi connectivity index (χ4n) is 6.26. The number of aliphatic hydroxyl groups excluding tert-OH is 1. The third-order valence-corrected chi connectivity index (χ3v) is 8.41. The molecule has 7 rings (SSSR count). The lowest BCUT2D eigenvalue weighted by Gasteiger charge is -2.37. The summed E-state index contributed by atoms with van der Waals surface area (Å²) >= 11 is 0. The van der Waals surface area contributed by atoms with Crippen molar-refractivity contribution >= 4 is 22.8 Å². The zero-order valence-corrected chi connectivity index (χ0v) is 24.3. The molecule has 0 spiro atoms. The number of Topliss-reactive ketones (excluding diaryl/α,β-unsaturated/α-hetero) is 1. The van der Waals surface area contributed by atoms with Crippen LogP contribution in [0.15, 0.2) is 134 Å². The SMILES string of the molecule is Nc1ncnc2c1ncn2[C@@]1(C(=O)c2ccccc2)C[C@H](O)[C@@H](COC(c2ccccc2)(c2ccccc2)c2ccccc2)O1. The number of nitrogens with zero attached hydrogens (tertiary/aromatic N) is 4. The Kier molecular flexibility index (Phi) is 7.42. The molecule has 9 nitrogen and oxygen atoms in total. The number of hydrogen-bond acceptors (Lipinski definition) is 8. The first-order valence-electron chi connectivity index (χ1n) is 14.7. The van der Waals surface area contributed by atoms with E-state index in [2.05, 4.69) is 15.0 Å². The van der Waals surface area contributed by atoms with E-state index >= 15 is 0 Å². The van der Waals surface area contributed by atoms with E-state index in [1.54, 1.807) is 28.8 Å². The largest absolute Gasteiger partial charge is 0.390 e. The van der Waals surface area contributed by atoms with Crippen molar-refractivity contribution in [2.45, 2.75) is 30.0 Å². The van der Waals surface area contributed by atoms with E-state index in [9.17, 15) is 9.90 Å². The predicted octanol–water partition coefficient (Wildman–Crippen LogP) is 5.10. The van der Waals surface area contributed by atoms with Crippen molar-refractivity contribution in [2.24, 2.45) is 0 Å². The van der Waals surface area contributed by atoms with Gasteiger partial charge in [0.2, 0.25) is 11.5 Å². The Morgan fingerprint density at radius 2 is 1.38 bits per heavy atom. The average molecular weight is 598 g/mol. The molecule has 9 heteroatoms. The Morgan fingerprint density at radius 3 is 1.93 bits per heavy atom. The summed E-state index contributed by atoms with van der Waals surface area (Å²) < 4.78 is 15.2. The second-order valence-corrected chi connectivity index (χ2v) is 11.0. The van der Waals surface area contributed by atoms with Crippen molar-refractivity contribution < 1.29 is 19.4 Å². The van der Waals surface area contributed by atoms with Crippen LogP contribution < -0.4 is 5.73 Å². The number of aromatic nitrogens is 4. The molecule has 45 heavy (non-hydrogen) atoms. The lowest BCUT2D eigenvalue weighted by molar-refractivity contribution is -0.119. The highest BCUT2D eigenvalue weighted by Crippen LogP contribution is 2.44. The van der Waals surface area contributed by atoms with Crippen molar-refractivity contribution in [2.75, 3.05) is 12.3 Å². The highest BCUT2D eigenvalue weighted by Gasteiger charge is 2.54. The highest BCUT2D eigenvalue weighted by atomic mass is 16.6. The minimum Gasteiger partial charge on any atom is -0.390 e. The third kappa shape index (κ3) is 4.87. The maximum Gasteiger partial charge on any atom is 0.215 e. The number of carbonyl (C=O) groups is 1. The summed E-state index contributed by atoms with van der Waals surface area (Å²) in [6, 6.07) is 38.7. The summed E-state index contributed by atoms with van der Waals surface area (Å²) in [5.41, 5.74) is 7.21. The van der Waals surface area contributed by atoms with Crippen LogP contribution in [-0.2, 0) is 20.8 Å². The standard InChI is InChI=1S/C36H31N5O4/c37-33-31-34(39-23-38-33)41(24-40-31)35(32(43)25-13-5-1-6-14-25)21-29(42)30(45-35)22-44-36(26-15-7-2-8-16-26,27-17-9-3-10-18-27)28-19-11-4-12-20-28/h1-20,23-24,29-30,42H,21-22H2,(H2,37,38,39)/t29-,30+,35-/m0/s1. The molecule has 4 aromatic carbocycles. The van der Waals surface area contributed by atoms with Crippen LogP contribution in [0.1, 0.15) is 33.5 Å². The van der Waals surface area contributed by atoms with Gasteiger partial charge in [-0.1, -0.05) is 121 Å². The molecule has 0 unspecified atom stereocenters. The number of aliphatic hydroxyl groups is 1.